The van der Waals surface area contributed by atoms with E-state index in [0.717, 1.165) is 56.0 Å². The van der Waals surface area contributed by atoms with E-state index in [4.69, 9.17) is 4.74 Å². The van der Waals surface area contributed by atoms with Crippen LogP contribution in [0.2, 0.25) is 0 Å². The summed E-state index contributed by atoms with van der Waals surface area (Å²) in [7, 11) is 0. The molecular formula is C23H31N5O. The average molecular weight is 394 g/mol. The van der Waals surface area contributed by atoms with Gasteiger partial charge in [-0.1, -0.05) is 6.07 Å². The second-order valence-electron chi connectivity index (χ2n) is 8.79. The number of fused-ring (bicyclic) bond motifs is 1. The van der Waals surface area contributed by atoms with E-state index in [1.54, 1.807) is 6.20 Å². The minimum atomic E-state index is -0.0762. The van der Waals surface area contributed by atoms with Crippen molar-refractivity contribution in [3.63, 3.8) is 0 Å². The van der Waals surface area contributed by atoms with Crippen LogP contribution in [0.4, 0.5) is 0 Å². The van der Waals surface area contributed by atoms with E-state index in [9.17, 15) is 0 Å². The van der Waals surface area contributed by atoms with Gasteiger partial charge in [-0.15, -0.1) is 0 Å². The molecule has 1 aliphatic rings. The van der Waals surface area contributed by atoms with E-state index < -0.39 is 0 Å². The van der Waals surface area contributed by atoms with Crippen molar-refractivity contribution in [1.82, 2.24) is 24.4 Å². The lowest BCUT2D eigenvalue weighted by atomic mass is 9.87. The first-order chi connectivity index (χ1) is 13.9. The third-order valence-electron chi connectivity index (χ3n) is 6.39. The van der Waals surface area contributed by atoms with Gasteiger partial charge < -0.3 is 9.30 Å². The zero-order chi connectivity index (χ0) is 20.5. The largest absolute Gasteiger partial charge is 0.381 e. The SMILES string of the molecule is CCOC[C@@]1(Cn2cnc3ccncc32)CCN(C(C)(C)c2ccc(C)nc2)C1. The van der Waals surface area contributed by atoms with Gasteiger partial charge in [-0.25, -0.2) is 4.98 Å². The highest BCUT2D eigenvalue weighted by molar-refractivity contribution is 5.73. The molecule has 0 saturated carbocycles. The molecule has 3 aromatic heterocycles. The molecule has 0 aliphatic carbocycles. The van der Waals surface area contributed by atoms with Gasteiger partial charge in [0, 0.05) is 48.7 Å². The number of pyridine rings is 2. The lowest BCUT2D eigenvalue weighted by Crippen LogP contribution is -2.43. The van der Waals surface area contributed by atoms with E-state index in [2.05, 4.69) is 57.3 Å². The molecule has 4 heterocycles. The summed E-state index contributed by atoms with van der Waals surface area (Å²) >= 11 is 0. The topological polar surface area (TPSA) is 56.1 Å². The minimum absolute atomic E-state index is 0.0505. The molecule has 0 radical (unpaired) electrons. The highest BCUT2D eigenvalue weighted by atomic mass is 16.5. The standard InChI is InChI=1S/C23H31N5O/c1-5-29-16-23(14-27-17-26-20-8-10-24-13-21(20)27)9-11-28(15-23)22(3,4)19-7-6-18(2)25-12-19/h6-8,10,12-13,17H,5,9,11,14-16H2,1-4H3/t23-/m1/s1. The van der Waals surface area contributed by atoms with E-state index in [0.29, 0.717) is 0 Å². The smallest absolute Gasteiger partial charge is 0.0958 e. The van der Waals surface area contributed by atoms with Crippen molar-refractivity contribution in [3.8, 4) is 0 Å². The van der Waals surface area contributed by atoms with Gasteiger partial charge in [0.05, 0.1) is 30.2 Å². The maximum atomic E-state index is 5.98. The molecule has 0 spiro atoms. The molecule has 0 amide bonds. The quantitative estimate of drug-likeness (QED) is 0.611. The van der Waals surface area contributed by atoms with Gasteiger partial charge in [0.2, 0.25) is 0 Å². The van der Waals surface area contributed by atoms with Gasteiger partial charge in [-0.05, 0) is 58.4 Å². The van der Waals surface area contributed by atoms with Crippen molar-refractivity contribution in [2.24, 2.45) is 5.41 Å². The first kappa shape index (κ1) is 20.0. The number of likely N-dealkylation sites (tertiary alicyclic amines) is 1. The maximum Gasteiger partial charge on any atom is 0.0958 e. The summed E-state index contributed by atoms with van der Waals surface area (Å²) in [6.45, 7) is 13.1. The van der Waals surface area contributed by atoms with Crippen LogP contribution in [0, 0.1) is 12.3 Å². The summed E-state index contributed by atoms with van der Waals surface area (Å²) < 4.78 is 8.22. The fourth-order valence-electron chi connectivity index (χ4n) is 4.43. The Balaban J connectivity index is 1.60. The van der Waals surface area contributed by atoms with Crippen LogP contribution in [0.25, 0.3) is 11.0 Å². The molecule has 154 valence electrons. The number of hydrogen-bond acceptors (Lipinski definition) is 5. The molecule has 6 heteroatoms. The molecule has 0 bridgehead atoms. The molecule has 0 N–H and O–H groups in total. The maximum absolute atomic E-state index is 5.98. The fraction of sp³-hybridized carbons (Fsp3) is 0.522. The summed E-state index contributed by atoms with van der Waals surface area (Å²) in [5, 5.41) is 0. The molecule has 1 fully saturated rings. The molecule has 0 aromatic carbocycles. The van der Waals surface area contributed by atoms with Gasteiger partial charge in [-0.3, -0.25) is 14.9 Å². The Bertz CT molecular complexity index is 965. The predicted molar refractivity (Wildman–Crippen MR) is 115 cm³/mol. The van der Waals surface area contributed by atoms with Crippen LogP contribution in [0.3, 0.4) is 0 Å². The number of imidazole rings is 1. The Morgan fingerprint density at radius 1 is 1.17 bits per heavy atom. The van der Waals surface area contributed by atoms with Crippen molar-refractivity contribution in [3.05, 3.63) is 54.4 Å². The second-order valence-corrected chi connectivity index (χ2v) is 8.79. The van der Waals surface area contributed by atoms with Crippen LogP contribution in [0.15, 0.2) is 43.1 Å². The third-order valence-corrected chi connectivity index (χ3v) is 6.39. The van der Waals surface area contributed by atoms with Gasteiger partial charge in [0.1, 0.15) is 0 Å². The fourth-order valence-corrected chi connectivity index (χ4v) is 4.43. The summed E-state index contributed by atoms with van der Waals surface area (Å²) in [4.78, 5) is 16.0. The minimum Gasteiger partial charge on any atom is -0.381 e. The van der Waals surface area contributed by atoms with Gasteiger partial charge in [0.15, 0.2) is 0 Å². The number of nitrogens with zero attached hydrogens (tertiary/aromatic N) is 5. The van der Waals surface area contributed by atoms with E-state index in [1.807, 2.05) is 31.7 Å². The number of rotatable bonds is 7. The Labute approximate surface area is 172 Å². The summed E-state index contributed by atoms with van der Waals surface area (Å²) in [5.74, 6) is 0. The van der Waals surface area contributed by atoms with E-state index in [-0.39, 0.29) is 11.0 Å². The Morgan fingerprint density at radius 2 is 2.03 bits per heavy atom. The zero-order valence-corrected chi connectivity index (χ0v) is 17.9. The molecule has 3 aromatic rings. The summed E-state index contributed by atoms with van der Waals surface area (Å²) in [6.07, 6.45) is 8.76. The normalized spacial score (nSPS) is 20.6. The van der Waals surface area contributed by atoms with Gasteiger partial charge in [-0.2, -0.15) is 0 Å². The van der Waals surface area contributed by atoms with Crippen molar-refractivity contribution in [1.29, 1.82) is 0 Å². The highest BCUT2D eigenvalue weighted by Gasteiger charge is 2.44. The molecule has 4 rings (SSSR count). The van der Waals surface area contributed by atoms with E-state index >= 15 is 0 Å². The molecule has 0 unspecified atom stereocenters. The average Bonchev–Trinajstić information content (AvgIpc) is 3.33. The van der Waals surface area contributed by atoms with Crippen molar-refractivity contribution in [2.75, 3.05) is 26.3 Å². The number of hydrogen-bond donors (Lipinski definition) is 0. The van der Waals surface area contributed by atoms with Crippen molar-refractivity contribution < 1.29 is 4.74 Å². The molecular weight excluding hydrogens is 362 g/mol. The molecule has 1 aliphatic heterocycles. The second kappa shape index (κ2) is 7.84. The summed E-state index contributed by atoms with van der Waals surface area (Å²) in [6, 6.07) is 6.28. The van der Waals surface area contributed by atoms with Crippen LogP contribution in [-0.4, -0.2) is 50.7 Å². The third kappa shape index (κ3) is 3.91. The van der Waals surface area contributed by atoms with Gasteiger partial charge in [0.25, 0.3) is 0 Å². The van der Waals surface area contributed by atoms with Crippen LogP contribution in [-0.2, 0) is 16.8 Å². The molecule has 1 saturated heterocycles. The van der Waals surface area contributed by atoms with Crippen LogP contribution in [0.1, 0.15) is 38.4 Å². The molecule has 6 nitrogen and oxygen atoms in total. The number of aromatic nitrogens is 4. The number of aryl methyl sites for hydroxylation is 1. The Kier molecular flexibility index (Phi) is 5.40. The molecule has 29 heavy (non-hydrogen) atoms. The van der Waals surface area contributed by atoms with Crippen molar-refractivity contribution >= 4 is 11.0 Å². The first-order valence-corrected chi connectivity index (χ1v) is 10.4. The Morgan fingerprint density at radius 3 is 2.79 bits per heavy atom. The Hall–Kier alpha value is -2.31. The zero-order valence-electron chi connectivity index (χ0n) is 17.9. The van der Waals surface area contributed by atoms with E-state index in [1.165, 1.54) is 5.56 Å². The van der Waals surface area contributed by atoms with Crippen LogP contribution >= 0.6 is 0 Å². The lowest BCUT2D eigenvalue weighted by molar-refractivity contribution is 0.0339. The van der Waals surface area contributed by atoms with Gasteiger partial charge >= 0.3 is 0 Å². The highest BCUT2D eigenvalue weighted by Crippen LogP contribution is 2.40. The predicted octanol–water partition coefficient (Wildman–Crippen LogP) is 3.80. The monoisotopic (exact) mass is 393 g/mol. The molecule has 1 atom stereocenters. The van der Waals surface area contributed by atoms with Crippen LogP contribution in [0.5, 0.6) is 0 Å². The van der Waals surface area contributed by atoms with Crippen LogP contribution < -0.4 is 0 Å². The first-order valence-electron chi connectivity index (χ1n) is 10.4. The summed E-state index contributed by atoms with van der Waals surface area (Å²) in [5.41, 5.74) is 4.36. The lowest BCUT2D eigenvalue weighted by Gasteiger charge is -2.38. The van der Waals surface area contributed by atoms with Crippen molar-refractivity contribution in [2.45, 2.75) is 46.2 Å². The number of ether oxygens (including phenoxy) is 1.